The van der Waals surface area contributed by atoms with E-state index >= 15 is 0 Å². The fourth-order valence-electron chi connectivity index (χ4n) is 1.97. The largest absolute Gasteiger partial charge is 0.462 e. The predicted molar refractivity (Wildman–Crippen MR) is 72.8 cm³/mol. The first-order chi connectivity index (χ1) is 9.58. The molecule has 0 radical (unpaired) electrons. The summed E-state index contributed by atoms with van der Waals surface area (Å²) in [5.74, 6) is 0.942. The van der Waals surface area contributed by atoms with Gasteiger partial charge in [-0.1, -0.05) is 0 Å². The summed E-state index contributed by atoms with van der Waals surface area (Å²) in [6.07, 6.45) is 0. The maximum Gasteiger partial charge on any atom is 0.342 e. The van der Waals surface area contributed by atoms with Crippen LogP contribution in [0.15, 0.2) is 4.42 Å². The van der Waals surface area contributed by atoms with E-state index in [9.17, 15) is 4.79 Å². The van der Waals surface area contributed by atoms with Gasteiger partial charge < -0.3 is 19.6 Å². The van der Waals surface area contributed by atoms with Crippen molar-refractivity contribution >= 4 is 22.9 Å². The van der Waals surface area contributed by atoms with E-state index in [4.69, 9.17) is 14.3 Å². The number of carbonyl (C=O) groups excluding carboxylic acids is 1. The van der Waals surface area contributed by atoms with Gasteiger partial charge in [0.15, 0.2) is 0 Å². The lowest BCUT2D eigenvalue weighted by atomic mass is 10.2. The zero-order valence-corrected chi connectivity index (χ0v) is 11.7. The lowest BCUT2D eigenvalue weighted by Gasteiger charge is -2.07. The number of carbonyl (C=O) groups is 1. The first-order valence-corrected chi connectivity index (χ1v) is 6.38. The number of nitrogens with one attached hydrogen (secondary N) is 1. The minimum absolute atomic E-state index is 0.0455. The van der Waals surface area contributed by atoms with Crippen molar-refractivity contribution in [3.8, 4) is 0 Å². The summed E-state index contributed by atoms with van der Waals surface area (Å²) < 4.78 is 10.5. The van der Waals surface area contributed by atoms with E-state index in [0.29, 0.717) is 40.6 Å². The van der Waals surface area contributed by atoms with E-state index in [-0.39, 0.29) is 13.2 Å². The fraction of sp³-hybridized carbons (Fsp3) is 0.462. The van der Waals surface area contributed by atoms with E-state index in [2.05, 4.69) is 15.3 Å². The van der Waals surface area contributed by atoms with Crippen molar-refractivity contribution in [2.24, 2.45) is 0 Å². The maximum atomic E-state index is 12.0. The van der Waals surface area contributed by atoms with E-state index in [1.165, 1.54) is 0 Å². The molecule has 0 aliphatic rings. The number of hydrogen-bond acceptors (Lipinski definition) is 7. The Labute approximate surface area is 116 Å². The van der Waals surface area contributed by atoms with Crippen molar-refractivity contribution in [3.63, 3.8) is 0 Å². The molecule has 0 spiro atoms. The highest BCUT2D eigenvalue weighted by Gasteiger charge is 2.24. The van der Waals surface area contributed by atoms with Gasteiger partial charge >= 0.3 is 5.97 Å². The van der Waals surface area contributed by atoms with Crippen LogP contribution in [0.2, 0.25) is 0 Å². The molecule has 2 aromatic rings. The third-order valence-electron chi connectivity index (χ3n) is 2.72. The van der Waals surface area contributed by atoms with Crippen molar-refractivity contribution in [2.45, 2.75) is 20.8 Å². The van der Waals surface area contributed by atoms with Crippen LogP contribution in [0, 0.1) is 13.8 Å². The van der Waals surface area contributed by atoms with Gasteiger partial charge in [-0.3, -0.25) is 0 Å². The van der Waals surface area contributed by atoms with E-state index in [1.54, 1.807) is 20.8 Å². The van der Waals surface area contributed by atoms with Crippen molar-refractivity contribution < 1.29 is 19.1 Å². The molecule has 0 fully saturated rings. The van der Waals surface area contributed by atoms with Gasteiger partial charge in [0.2, 0.25) is 5.71 Å². The molecule has 0 amide bonds. The number of furan rings is 1. The summed E-state index contributed by atoms with van der Waals surface area (Å²) in [6, 6.07) is 0. The van der Waals surface area contributed by atoms with Crippen LogP contribution in [0.1, 0.15) is 28.9 Å². The first-order valence-electron chi connectivity index (χ1n) is 6.38. The second kappa shape index (κ2) is 5.87. The number of fused-ring (bicyclic) bond motifs is 1. The molecule has 2 N–H and O–H groups in total. The number of nitrogens with zero attached hydrogens (tertiary/aromatic N) is 2. The number of aromatic nitrogens is 2. The average molecular weight is 279 g/mol. The summed E-state index contributed by atoms with van der Waals surface area (Å²) >= 11 is 0. The molecular formula is C13H17N3O4. The summed E-state index contributed by atoms with van der Waals surface area (Å²) in [5, 5.41) is 12.4. The number of aliphatic hydroxyl groups is 1. The SMILES string of the molecule is CCOC(=O)c1c(C)oc2nc(C)nc(NCCO)c12. The Balaban J connectivity index is 2.61. The number of rotatable bonds is 5. The third kappa shape index (κ3) is 2.57. The fourth-order valence-corrected chi connectivity index (χ4v) is 1.97. The number of aryl methyl sites for hydroxylation is 2. The van der Waals surface area contributed by atoms with Crippen LogP contribution < -0.4 is 5.32 Å². The van der Waals surface area contributed by atoms with Crippen molar-refractivity contribution in [2.75, 3.05) is 25.1 Å². The molecule has 0 bridgehead atoms. The summed E-state index contributed by atoms with van der Waals surface area (Å²) in [4.78, 5) is 20.5. The van der Waals surface area contributed by atoms with E-state index in [1.807, 2.05) is 0 Å². The smallest absolute Gasteiger partial charge is 0.342 e. The molecule has 0 aliphatic heterocycles. The van der Waals surface area contributed by atoms with Gasteiger partial charge in [-0.05, 0) is 20.8 Å². The Hall–Kier alpha value is -2.15. The summed E-state index contributed by atoms with van der Waals surface area (Å²) in [5.41, 5.74) is 0.654. The minimum Gasteiger partial charge on any atom is -0.462 e. The van der Waals surface area contributed by atoms with Crippen LogP contribution in [0.3, 0.4) is 0 Å². The minimum atomic E-state index is -0.469. The highest BCUT2D eigenvalue weighted by Crippen LogP contribution is 2.30. The van der Waals surface area contributed by atoms with Gasteiger partial charge in [0, 0.05) is 6.54 Å². The Morgan fingerprint density at radius 3 is 2.80 bits per heavy atom. The Kier molecular flexibility index (Phi) is 4.19. The van der Waals surface area contributed by atoms with E-state index in [0.717, 1.165) is 0 Å². The van der Waals surface area contributed by atoms with Crippen LogP contribution in [-0.4, -0.2) is 40.8 Å². The zero-order chi connectivity index (χ0) is 14.7. The van der Waals surface area contributed by atoms with Crippen molar-refractivity contribution in [3.05, 3.63) is 17.1 Å². The lowest BCUT2D eigenvalue weighted by molar-refractivity contribution is 0.0526. The number of anilines is 1. The number of esters is 1. The molecule has 2 aromatic heterocycles. The lowest BCUT2D eigenvalue weighted by Crippen LogP contribution is -2.11. The molecule has 108 valence electrons. The standard InChI is InChI=1S/C13H17N3O4/c1-4-19-13(18)9-7(2)20-12-10(9)11(14-5-6-17)15-8(3)16-12/h17H,4-6H2,1-3H3,(H,14,15,16). The second-order valence-electron chi connectivity index (χ2n) is 4.20. The maximum absolute atomic E-state index is 12.0. The van der Waals surface area contributed by atoms with Crippen LogP contribution in [0.5, 0.6) is 0 Å². The molecule has 0 aliphatic carbocycles. The number of aliphatic hydroxyl groups excluding tert-OH is 1. The quantitative estimate of drug-likeness (QED) is 0.799. The molecule has 2 heterocycles. The topological polar surface area (TPSA) is 97.5 Å². The molecule has 2 rings (SSSR count). The van der Waals surface area contributed by atoms with Gasteiger partial charge in [-0.15, -0.1) is 0 Å². The molecule has 0 aromatic carbocycles. The van der Waals surface area contributed by atoms with Crippen molar-refractivity contribution in [1.82, 2.24) is 9.97 Å². The Bertz CT molecular complexity index is 636. The summed E-state index contributed by atoms with van der Waals surface area (Å²) in [6.45, 7) is 5.69. The summed E-state index contributed by atoms with van der Waals surface area (Å²) in [7, 11) is 0. The highest BCUT2D eigenvalue weighted by molar-refractivity contribution is 6.07. The monoisotopic (exact) mass is 279 g/mol. The zero-order valence-electron chi connectivity index (χ0n) is 11.7. The van der Waals surface area contributed by atoms with Crippen LogP contribution in [0.25, 0.3) is 11.1 Å². The van der Waals surface area contributed by atoms with Gasteiger partial charge in [0.25, 0.3) is 0 Å². The van der Waals surface area contributed by atoms with Gasteiger partial charge in [0.1, 0.15) is 23.0 Å². The molecule has 20 heavy (non-hydrogen) atoms. The molecule has 0 unspecified atom stereocenters. The molecule has 0 saturated heterocycles. The molecular weight excluding hydrogens is 262 g/mol. The second-order valence-corrected chi connectivity index (χ2v) is 4.20. The van der Waals surface area contributed by atoms with Crippen molar-refractivity contribution in [1.29, 1.82) is 0 Å². The van der Waals surface area contributed by atoms with Gasteiger partial charge in [0.05, 0.1) is 18.6 Å². The number of ether oxygens (including phenoxy) is 1. The highest BCUT2D eigenvalue weighted by atomic mass is 16.5. The molecule has 7 nitrogen and oxygen atoms in total. The van der Waals surface area contributed by atoms with Crippen LogP contribution >= 0.6 is 0 Å². The van der Waals surface area contributed by atoms with Gasteiger partial charge in [-0.25, -0.2) is 9.78 Å². The van der Waals surface area contributed by atoms with Crippen LogP contribution in [-0.2, 0) is 4.74 Å². The van der Waals surface area contributed by atoms with Crippen LogP contribution in [0.4, 0.5) is 5.82 Å². The Morgan fingerprint density at radius 2 is 2.15 bits per heavy atom. The predicted octanol–water partition coefficient (Wildman–Crippen LogP) is 1.42. The third-order valence-corrected chi connectivity index (χ3v) is 2.72. The van der Waals surface area contributed by atoms with Gasteiger partial charge in [-0.2, -0.15) is 4.98 Å². The number of hydrogen-bond donors (Lipinski definition) is 2. The molecule has 0 atom stereocenters. The first kappa shape index (κ1) is 14.3. The molecule has 0 saturated carbocycles. The average Bonchev–Trinajstić information content (AvgIpc) is 2.72. The Morgan fingerprint density at radius 1 is 1.40 bits per heavy atom. The van der Waals surface area contributed by atoms with E-state index < -0.39 is 5.97 Å². The molecule has 7 heteroatoms. The normalized spacial score (nSPS) is 10.8.